The zero-order valence-corrected chi connectivity index (χ0v) is 9.90. The van der Waals surface area contributed by atoms with Crippen molar-refractivity contribution in [2.75, 3.05) is 4.90 Å². The van der Waals surface area contributed by atoms with E-state index in [0.29, 0.717) is 18.1 Å². The number of hydrogen-bond donors (Lipinski definition) is 1. The fourth-order valence-electron chi connectivity index (χ4n) is 3.19. The Balaban J connectivity index is 1.94. The normalized spacial score (nSPS) is 33.1. The molecule has 2 unspecified atom stereocenters. The third kappa shape index (κ3) is 1.59. The van der Waals surface area contributed by atoms with Crippen molar-refractivity contribution < 1.29 is 0 Å². The van der Waals surface area contributed by atoms with Gasteiger partial charge in [-0.1, -0.05) is 11.6 Å². The summed E-state index contributed by atoms with van der Waals surface area (Å²) in [5.74, 6) is 0. The first kappa shape index (κ1) is 10.4. The van der Waals surface area contributed by atoms with E-state index in [1.54, 1.807) is 6.20 Å². The van der Waals surface area contributed by atoms with Crippen LogP contribution >= 0.6 is 11.6 Å². The highest BCUT2D eigenvalue weighted by Crippen LogP contribution is 2.41. The molecular formula is C12H16ClN3. The quantitative estimate of drug-likeness (QED) is 0.814. The summed E-state index contributed by atoms with van der Waals surface area (Å²) in [5.41, 5.74) is 7.20. The molecule has 0 spiro atoms. The molecule has 3 heterocycles. The zero-order chi connectivity index (χ0) is 11.1. The van der Waals surface area contributed by atoms with E-state index in [0.717, 1.165) is 23.6 Å². The van der Waals surface area contributed by atoms with E-state index in [4.69, 9.17) is 17.3 Å². The van der Waals surface area contributed by atoms with Gasteiger partial charge in [0.1, 0.15) is 0 Å². The summed E-state index contributed by atoms with van der Waals surface area (Å²) in [7, 11) is 0. The summed E-state index contributed by atoms with van der Waals surface area (Å²) < 4.78 is 0. The van der Waals surface area contributed by atoms with Crippen LogP contribution in [-0.2, 0) is 0 Å². The number of rotatable bonds is 1. The minimum Gasteiger partial charge on any atom is -0.364 e. The van der Waals surface area contributed by atoms with E-state index < -0.39 is 0 Å². The maximum absolute atomic E-state index is 6.22. The molecule has 2 bridgehead atoms. The van der Waals surface area contributed by atoms with Crippen molar-refractivity contribution in [2.45, 2.75) is 43.8 Å². The molecule has 0 aromatic carbocycles. The van der Waals surface area contributed by atoms with E-state index in [-0.39, 0.29) is 0 Å². The first-order valence-corrected chi connectivity index (χ1v) is 6.27. The molecule has 1 aromatic rings. The fraction of sp³-hybridized carbons (Fsp3) is 0.583. The molecule has 2 fully saturated rings. The Kier molecular flexibility index (Phi) is 2.52. The van der Waals surface area contributed by atoms with Crippen LogP contribution in [0.4, 0.5) is 5.69 Å². The SMILES string of the molecule is NC1CC2CCC(C1)N2c1ccncc1Cl. The van der Waals surface area contributed by atoms with Gasteiger partial charge in [0.2, 0.25) is 0 Å². The molecule has 2 N–H and O–H groups in total. The molecule has 3 rings (SSSR count). The van der Waals surface area contributed by atoms with Crippen LogP contribution in [-0.4, -0.2) is 23.1 Å². The number of fused-ring (bicyclic) bond motifs is 2. The van der Waals surface area contributed by atoms with Crippen LogP contribution in [0.15, 0.2) is 18.5 Å². The molecule has 0 aliphatic carbocycles. The van der Waals surface area contributed by atoms with Gasteiger partial charge in [0, 0.05) is 30.5 Å². The zero-order valence-electron chi connectivity index (χ0n) is 9.14. The van der Waals surface area contributed by atoms with Crippen LogP contribution < -0.4 is 10.6 Å². The predicted molar refractivity (Wildman–Crippen MR) is 65.7 cm³/mol. The summed E-state index contributed by atoms with van der Waals surface area (Å²) in [5, 5.41) is 0.759. The number of nitrogens with two attached hydrogens (primary N) is 1. The third-order valence-electron chi connectivity index (χ3n) is 3.80. The van der Waals surface area contributed by atoms with Gasteiger partial charge in [-0.3, -0.25) is 4.98 Å². The van der Waals surface area contributed by atoms with Gasteiger partial charge in [-0.15, -0.1) is 0 Å². The second-order valence-electron chi connectivity index (χ2n) is 4.85. The highest BCUT2D eigenvalue weighted by molar-refractivity contribution is 6.33. The van der Waals surface area contributed by atoms with Crippen molar-refractivity contribution >= 4 is 17.3 Å². The number of nitrogens with zero attached hydrogens (tertiary/aromatic N) is 2. The van der Waals surface area contributed by atoms with Gasteiger partial charge in [-0.05, 0) is 31.7 Å². The molecule has 86 valence electrons. The Morgan fingerprint density at radius 2 is 2.00 bits per heavy atom. The summed E-state index contributed by atoms with van der Waals surface area (Å²) in [6.45, 7) is 0. The average Bonchev–Trinajstić information content (AvgIpc) is 2.53. The Morgan fingerprint density at radius 3 is 2.62 bits per heavy atom. The molecule has 0 saturated carbocycles. The molecule has 2 atom stereocenters. The number of halogens is 1. The summed E-state index contributed by atoms with van der Waals surface area (Å²) >= 11 is 6.22. The number of aromatic nitrogens is 1. The van der Waals surface area contributed by atoms with Crippen LogP contribution in [0.5, 0.6) is 0 Å². The van der Waals surface area contributed by atoms with Crippen molar-refractivity contribution in [1.29, 1.82) is 0 Å². The molecule has 4 heteroatoms. The topological polar surface area (TPSA) is 42.1 Å². The summed E-state index contributed by atoms with van der Waals surface area (Å²) in [6, 6.07) is 3.54. The second kappa shape index (κ2) is 3.90. The number of pyridine rings is 1. The molecule has 16 heavy (non-hydrogen) atoms. The Hall–Kier alpha value is -0.800. The number of hydrogen-bond acceptors (Lipinski definition) is 3. The van der Waals surface area contributed by atoms with Crippen molar-refractivity contribution in [1.82, 2.24) is 4.98 Å². The molecule has 0 amide bonds. The first-order valence-electron chi connectivity index (χ1n) is 5.89. The first-order chi connectivity index (χ1) is 7.75. The van der Waals surface area contributed by atoms with Crippen molar-refractivity contribution in [2.24, 2.45) is 5.73 Å². The van der Waals surface area contributed by atoms with E-state index in [1.165, 1.54) is 12.8 Å². The minimum atomic E-state index is 0.370. The largest absolute Gasteiger partial charge is 0.364 e. The monoisotopic (exact) mass is 237 g/mol. The minimum absolute atomic E-state index is 0.370. The predicted octanol–water partition coefficient (Wildman–Crippen LogP) is 2.19. The molecule has 0 radical (unpaired) electrons. The maximum Gasteiger partial charge on any atom is 0.0822 e. The van der Waals surface area contributed by atoms with Crippen LogP contribution in [0.25, 0.3) is 0 Å². The fourth-order valence-corrected chi connectivity index (χ4v) is 3.41. The van der Waals surface area contributed by atoms with Crippen LogP contribution in [0.2, 0.25) is 5.02 Å². The average molecular weight is 238 g/mol. The van der Waals surface area contributed by atoms with E-state index >= 15 is 0 Å². The molecule has 2 saturated heterocycles. The lowest BCUT2D eigenvalue weighted by Gasteiger charge is -2.39. The molecular weight excluding hydrogens is 222 g/mol. The number of anilines is 1. The highest BCUT2D eigenvalue weighted by atomic mass is 35.5. The second-order valence-corrected chi connectivity index (χ2v) is 5.26. The molecule has 3 nitrogen and oxygen atoms in total. The Bertz CT molecular complexity index is 382. The van der Waals surface area contributed by atoms with Gasteiger partial charge in [0.05, 0.1) is 10.7 Å². The summed E-state index contributed by atoms with van der Waals surface area (Å²) in [6.07, 6.45) is 8.22. The highest BCUT2D eigenvalue weighted by Gasteiger charge is 2.40. The molecule has 2 aliphatic heterocycles. The lowest BCUT2D eigenvalue weighted by Crippen LogP contribution is -2.47. The van der Waals surface area contributed by atoms with Crippen molar-refractivity contribution in [3.8, 4) is 0 Å². The molecule has 2 aliphatic rings. The van der Waals surface area contributed by atoms with Crippen molar-refractivity contribution in [3.63, 3.8) is 0 Å². The van der Waals surface area contributed by atoms with Crippen LogP contribution in [0.3, 0.4) is 0 Å². The Morgan fingerprint density at radius 1 is 1.31 bits per heavy atom. The van der Waals surface area contributed by atoms with Crippen LogP contribution in [0.1, 0.15) is 25.7 Å². The van der Waals surface area contributed by atoms with E-state index in [1.807, 2.05) is 12.3 Å². The standard InChI is InChI=1S/C12H16ClN3/c13-11-7-15-4-3-12(11)16-9-1-2-10(16)6-8(14)5-9/h3-4,7-10H,1-2,5-6,14H2. The van der Waals surface area contributed by atoms with Gasteiger partial charge in [0.25, 0.3) is 0 Å². The van der Waals surface area contributed by atoms with Gasteiger partial charge in [0.15, 0.2) is 0 Å². The van der Waals surface area contributed by atoms with E-state index in [2.05, 4.69) is 9.88 Å². The van der Waals surface area contributed by atoms with E-state index in [9.17, 15) is 0 Å². The van der Waals surface area contributed by atoms with Gasteiger partial charge in [-0.25, -0.2) is 0 Å². The van der Waals surface area contributed by atoms with Gasteiger partial charge >= 0.3 is 0 Å². The maximum atomic E-state index is 6.22. The van der Waals surface area contributed by atoms with Crippen molar-refractivity contribution in [3.05, 3.63) is 23.5 Å². The lowest BCUT2D eigenvalue weighted by molar-refractivity contribution is 0.414. The third-order valence-corrected chi connectivity index (χ3v) is 4.09. The van der Waals surface area contributed by atoms with Gasteiger partial charge in [-0.2, -0.15) is 0 Å². The summed E-state index contributed by atoms with van der Waals surface area (Å²) in [4.78, 5) is 6.51. The number of piperidine rings is 1. The smallest absolute Gasteiger partial charge is 0.0822 e. The Labute approximate surface area is 101 Å². The molecule has 1 aromatic heterocycles. The lowest BCUT2D eigenvalue weighted by atomic mass is 9.97. The van der Waals surface area contributed by atoms with Gasteiger partial charge < -0.3 is 10.6 Å². The van der Waals surface area contributed by atoms with Crippen LogP contribution in [0, 0.1) is 0 Å².